The molecule has 3 rings (SSSR count). The summed E-state index contributed by atoms with van der Waals surface area (Å²) in [5, 5.41) is 4.41. The molecule has 1 aliphatic rings. The SMILES string of the molecule is CN(C)/C=N/C(=O)c1cc2n(n1)-c1cc(Br)ccc1OCC2. The van der Waals surface area contributed by atoms with Crippen LogP contribution in [-0.2, 0) is 6.42 Å². The fourth-order valence-electron chi connectivity index (χ4n) is 2.19. The number of aliphatic imine (C=N–C) groups is 1. The molecule has 0 aliphatic carbocycles. The molecule has 0 fully saturated rings. The summed E-state index contributed by atoms with van der Waals surface area (Å²) in [6.07, 6.45) is 2.16. The number of nitrogens with zero attached hydrogens (tertiary/aromatic N) is 4. The molecule has 114 valence electrons. The van der Waals surface area contributed by atoms with Crippen LogP contribution in [0.4, 0.5) is 0 Å². The van der Waals surface area contributed by atoms with E-state index in [1.807, 2.05) is 32.3 Å². The van der Waals surface area contributed by atoms with Gasteiger partial charge in [-0.3, -0.25) is 4.79 Å². The minimum atomic E-state index is -0.355. The summed E-state index contributed by atoms with van der Waals surface area (Å²) in [5.41, 5.74) is 2.08. The Morgan fingerprint density at radius 3 is 3.05 bits per heavy atom. The first-order valence-electron chi connectivity index (χ1n) is 6.81. The smallest absolute Gasteiger partial charge is 0.298 e. The molecular formula is C15H15BrN4O2. The van der Waals surface area contributed by atoms with E-state index in [2.05, 4.69) is 26.0 Å². The molecule has 0 unspecified atom stereocenters. The van der Waals surface area contributed by atoms with E-state index >= 15 is 0 Å². The first-order chi connectivity index (χ1) is 10.5. The highest BCUT2D eigenvalue weighted by molar-refractivity contribution is 9.10. The lowest BCUT2D eigenvalue weighted by atomic mass is 10.2. The molecule has 1 aromatic heterocycles. The molecule has 0 saturated carbocycles. The van der Waals surface area contributed by atoms with Gasteiger partial charge in [0.15, 0.2) is 5.69 Å². The van der Waals surface area contributed by atoms with Crippen LogP contribution in [0.25, 0.3) is 5.69 Å². The number of carbonyl (C=O) groups excluding carboxylic acids is 1. The monoisotopic (exact) mass is 362 g/mol. The number of aromatic nitrogens is 2. The van der Waals surface area contributed by atoms with Gasteiger partial charge in [-0.15, -0.1) is 0 Å². The Bertz CT molecular complexity index is 752. The van der Waals surface area contributed by atoms with Crippen LogP contribution in [0, 0.1) is 0 Å². The number of hydrogen-bond acceptors (Lipinski definition) is 3. The summed E-state index contributed by atoms with van der Waals surface area (Å²) in [5.74, 6) is 0.396. The summed E-state index contributed by atoms with van der Waals surface area (Å²) >= 11 is 3.45. The summed E-state index contributed by atoms with van der Waals surface area (Å²) in [7, 11) is 3.62. The average molecular weight is 363 g/mol. The molecule has 1 amide bonds. The van der Waals surface area contributed by atoms with Crippen molar-refractivity contribution < 1.29 is 9.53 Å². The lowest BCUT2D eigenvalue weighted by Crippen LogP contribution is -2.10. The predicted molar refractivity (Wildman–Crippen MR) is 87.0 cm³/mol. The van der Waals surface area contributed by atoms with Crippen LogP contribution in [-0.4, -0.2) is 47.6 Å². The average Bonchev–Trinajstić information content (AvgIpc) is 2.83. The molecule has 22 heavy (non-hydrogen) atoms. The Balaban J connectivity index is 2.02. The van der Waals surface area contributed by atoms with Gasteiger partial charge in [-0.2, -0.15) is 10.1 Å². The minimum absolute atomic E-state index is 0.334. The zero-order chi connectivity index (χ0) is 15.7. The van der Waals surface area contributed by atoms with Crippen molar-refractivity contribution in [2.24, 2.45) is 4.99 Å². The Kier molecular flexibility index (Phi) is 3.98. The van der Waals surface area contributed by atoms with E-state index in [4.69, 9.17) is 4.74 Å². The van der Waals surface area contributed by atoms with Gasteiger partial charge in [0, 0.05) is 30.7 Å². The molecule has 0 atom stereocenters. The van der Waals surface area contributed by atoms with Gasteiger partial charge < -0.3 is 9.64 Å². The topological polar surface area (TPSA) is 59.7 Å². The molecule has 1 aliphatic heterocycles. The van der Waals surface area contributed by atoms with E-state index in [-0.39, 0.29) is 5.91 Å². The number of rotatable bonds is 2. The van der Waals surface area contributed by atoms with Crippen molar-refractivity contribution in [2.75, 3.05) is 20.7 Å². The van der Waals surface area contributed by atoms with E-state index in [9.17, 15) is 4.79 Å². The van der Waals surface area contributed by atoms with Crippen LogP contribution in [0.2, 0.25) is 0 Å². The second kappa shape index (κ2) is 5.92. The Labute approximate surface area is 136 Å². The van der Waals surface area contributed by atoms with E-state index in [0.717, 1.165) is 21.6 Å². The van der Waals surface area contributed by atoms with E-state index < -0.39 is 0 Å². The zero-order valence-electron chi connectivity index (χ0n) is 12.3. The molecular weight excluding hydrogens is 348 g/mol. The number of fused-ring (bicyclic) bond motifs is 3. The van der Waals surface area contributed by atoms with Crippen LogP contribution in [0.5, 0.6) is 5.75 Å². The second-order valence-corrected chi connectivity index (χ2v) is 6.07. The van der Waals surface area contributed by atoms with E-state index in [0.29, 0.717) is 18.7 Å². The van der Waals surface area contributed by atoms with Crippen molar-refractivity contribution >= 4 is 28.2 Å². The van der Waals surface area contributed by atoms with Gasteiger partial charge in [-0.25, -0.2) is 4.68 Å². The first-order valence-corrected chi connectivity index (χ1v) is 7.60. The van der Waals surface area contributed by atoms with Crippen LogP contribution in [0.15, 0.2) is 33.7 Å². The fourth-order valence-corrected chi connectivity index (χ4v) is 2.54. The van der Waals surface area contributed by atoms with Crippen LogP contribution in [0.1, 0.15) is 16.2 Å². The third kappa shape index (κ3) is 2.89. The maximum atomic E-state index is 12.1. The fraction of sp³-hybridized carbons (Fsp3) is 0.267. The third-order valence-electron chi connectivity index (χ3n) is 3.17. The molecule has 0 spiro atoms. The minimum Gasteiger partial charge on any atom is -0.491 e. The first kappa shape index (κ1) is 14.8. The number of halogens is 1. The standard InChI is InChI=1S/C15H15BrN4O2/c1-19(2)9-17-15(21)12-8-11-5-6-22-14-4-3-10(16)7-13(14)20(11)18-12/h3-4,7-9H,5-6H2,1-2H3/b17-9+. The second-order valence-electron chi connectivity index (χ2n) is 5.16. The number of carbonyl (C=O) groups is 1. The number of benzene rings is 1. The normalized spacial score (nSPS) is 13.2. The van der Waals surface area contributed by atoms with Gasteiger partial charge in [0.05, 0.1) is 12.9 Å². The number of ether oxygens (including phenoxy) is 1. The Morgan fingerprint density at radius 2 is 2.27 bits per heavy atom. The molecule has 6 nitrogen and oxygen atoms in total. The van der Waals surface area contributed by atoms with Gasteiger partial charge in [-0.1, -0.05) is 15.9 Å². The molecule has 0 N–H and O–H groups in total. The molecule has 0 bridgehead atoms. The molecule has 2 heterocycles. The van der Waals surface area contributed by atoms with Crippen molar-refractivity contribution in [2.45, 2.75) is 6.42 Å². The van der Waals surface area contributed by atoms with E-state index in [1.165, 1.54) is 6.34 Å². The highest BCUT2D eigenvalue weighted by Crippen LogP contribution is 2.30. The molecule has 7 heteroatoms. The Morgan fingerprint density at radius 1 is 1.45 bits per heavy atom. The summed E-state index contributed by atoms with van der Waals surface area (Å²) in [6.45, 7) is 0.551. The van der Waals surface area contributed by atoms with Gasteiger partial charge in [0.2, 0.25) is 0 Å². The molecule has 0 radical (unpaired) electrons. The lowest BCUT2D eigenvalue weighted by Gasteiger charge is -2.08. The van der Waals surface area contributed by atoms with Crippen molar-refractivity contribution in [1.29, 1.82) is 0 Å². The van der Waals surface area contributed by atoms with Gasteiger partial charge in [0.1, 0.15) is 11.4 Å². The largest absolute Gasteiger partial charge is 0.491 e. The third-order valence-corrected chi connectivity index (χ3v) is 3.67. The van der Waals surface area contributed by atoms with Crippen molar-refractivity contribution in [3.63, 3.8) is 0 Å². The molecule has 0 saturated heterocycles. The summed E-state index contributed by atoms with van der Waals surface area (Å²) < 4.78 is 8.40. The highest BCUT2D eigenvalue weighted by atomic mass is 79.9. The highest BCUT2D eigenvalue weighted by Gasteiger charge is 2.20. The maximum Gasteiger partial charge on any atom is 0.298 e. The Hall–Kier alpha value is -2.15. The van der Waals surface area contributed by atoms with E-state index in [1.54, 1.807) is 15.6 Å². The van der Waals surface area contributed by atoms with Crippen LogP contribution < -0.4 is 4.74 Å². The maximum absolute atomic E-state index is 12.1. The van der Waals surface area contributed by atoms with Crippen molar-refractivity contribution in [1.82, 2.24) is 14.7 Å². The quantitative estimate of drug-likeness (QED) is 0.607. The van der Waals surface area contributed by atoms with Crippen LogP contribution in [0.3, 0.4) is 0 Å². The predicted octanol–water partition coefficient (Wildman–Crippen LogP) is 2.30. The van der Waals surface area contributed by atoms with Crippen molar-refractivity contribution in [3.8, 4) is 11.4 Å². The van der Waals surface area contributed by atoms with Gasteiger partial charge in [-0.05, 0) is 24.3 Å². The van der Waals surface area contributed by atoms with Crippen LogP contribution >= 0.6 is 15.9 Å². The van der Waals surface area contributed by atoms with Crippen molar-refractivity contribution in [3.05, 3.63) is 40.1 Å². The summed E-state index contributed by atoms with van der Waals surface area (Å²) in [6, 6.07) is 7.51. The lowest BCUT2D eigenvalue weighted by molar-refractivity contribution is 0.0997. The van der Waals surface area contributed by atoms with Gasteiger partial charge >= 0.3 is 0 Å². The zero-order valence-corrected chi connectivity index (χ0v) is 13.9. The van der Waals surface area contributed by atoms with Gasteiger partial charge in [0.25, 0.3) is 5.91 Å². The molecule has 1 aromatic carbocycles. The number of hydrogen-bond donors (Lipinski definition) is 0. The summed E-state index contributed by atoms with van der Waals surface area (Å²) in [4.78, 5) is 17.7. The molecule has 2 aromatic rings. The number of amides is 1.